The molecule has 2 aliphatic heterocycles. The zero-order chi connectivity index (χ0) is 79.6. The smallest absolute Gasteiger partial charge is 0.255 e. The minimum atomic E-state index is -0.532. The van der Waals surface area contributed by atoms with Crippen molar-refractivity contribution in [3.63, 3.8) is 0 Å². The fourth-order valence-electron chi connectivity index (χ4n) is 13.1. The lowest BCUT2D eigenvalue weighted by molar-refractivity contribution is -0.134. The number of phenolic OH excluding ortho intramolecular Hbond substituents is 2. The predicted molar refractivity (Wildman–Crippen MR) is 435 cm³/mol. The minimum absolute atomic E-state index is 0.0371. The summed E-state index contributed by atoms with van der Waals surface area (Å²) in [4.78, 5) is 87.9. The van der Waals surface area contributed by atoms with Gasteiger partial charge in [-0.15, -0.1) is 22.7 Å². The van der Waals surface area contributed by atoms with E-state index >= 15 is 0 Å². The summed E-state index contributed by atoms with van der Waals surface area (Å²) in [5.74, 6) is 4.04. The van der Waals surface area contributed by atoms with Crippen molar-refractivity contribution in [1.29, 1.82) is 0 Å². The van der Waals surface area contributed by atoms with E-state index in [-0.39, 0.29) is 65.9 Å². The molecule has 10 aromatic rings. The average molecular weight is 1570 g/mol. The molecule has 2 unspecified atom stereocenters. The van der Waals surface area contributed by atoms with Gasteiger partial charge >= 0.3 is 0 Å². The number of aryl methyl sites for hydroxylation is 2. The summed E-state index contributed by atoms with van der Waals surface area (Å²) in [6.07, 6.45) is 2.09. The summed E-state index contributed by atoms with van der Waals surface area (Å²) in [5, 5.41) is 25.2. The zero-order valence-corrected chi connectivity index (χ0v) is 65.0. The number of Topliss-reactive ketones (excluding diaryl/α,β-unsaturated/α-hetero) is 4. The number of hydrogen-bond acceptors (Lipinski definition) is 23. The van der Waals surface area contributed by atoms with Crippen LogP contribution in [0, 0.1) is 13.8 Å². The number of thiophene rings is 2. The monoisotopic (exact) mass is 1570 g/mol. The number of carbonyl (C=O) groups excluding carboxylic acids is 7. The topological polar surface area (TPSA) is 297 Å². The van der Waals surface area contributed by atoms with Gasteiger partial charge in [-0.3, -0.25) is 28.8 Å². The van der Waals surface area contributed by atoms with E-state index < -0.39 is 12.1 Å². The molecule has 23 nitrogen and oxygen atoms in total. The Hall–Kier alpha value is -10.8. The van der Waals surface area contributed by atoms with Gasteiger partial charge in [-0.05, 0) is 147 Å². The largest absolute Gasteiger partial charge is 0.508 e. The molecular formula is C87H91BN4O19S2. The zero-order valence-electron chi connectivity index (χ0n) is 63.4. The standard InChI is InChI=1S/C43H44N2O9S.C29H30O7S.C14H14N2O3.CH3B/c1-28-5-7-29(8-6-28)42-41(35-15-9-31(47)26-40(35)55-42)54-33-13-11-32(12-14-33)53-24-23-52-22-21-51-20-19-50-18-17-44-37-4-2-3-34-36(37)27-45(43(34)49)38-16-10-30(46)25-39(38)48;1-21-2-4-22(5-3-21)29-28(26-11-6-23(31)20-27(26)37-29)36-25-9-7-24(8-10-25)35-19-18-34-17-16-33-15-14-32-13-12-30;15-11-3-1-2-9-10(11)7-16(14(9)19)12-5-4-8(17)6-13(12)18;1-2/h2-9,11-15,26,38,44,47H,10,16-25,27H2,1H3;2-12,20,31H,13-19H2,1H3;1-3,12H,4-7,15H2;1H3. The number of nitrogens with zero attached hydrogens (tertiary/aromatic N) is 2. The highest BCUT2D eigenvalue weighted by Crippen LogP contribution is 2.49. The number of amides is 2. The maximum Gasteiger partial charge on any atom is 0.255 e. The summed E-state index contributed by atoms with van der Waals surface area (Å²) in [6.45, 7) is 12.6. The summed E-state index contributed by atoms with van der Waals surface area (Å²) >= 11 is 3.18. The van der Waals surface area contributed by atoms with Crippen LogP contribution >= 0.6 is 22.7 Å². The molecule has 2 atom stereocenters. The second-order valence-electron chi connectivity index (χ2n) is 26.7. The van der Waals surface area contributed by atoms with Crippen LogP contribution in [0.3, 0.4) is 0 Å². The number of ketones is 4. The Bertz CT molecular complexity index is 4900. The van der Waals surface area contributed by atoms with Gasteiger partial charge < -0.3 is 83.2 Å². The van der Waals surface area contributed by atoms with Crippen molar-refractivity contribution >= 4 is 103 Å². The maximum atomic E-state index is 13.0. The van der Waals surface area contributed by atoms with Crippen LogP contribution in [-0.4, -0.2) is 180 Å². The first-order chi connectivity index (χ1) is 55.0. The van der Waals surface area contributed by atoms with Crippen molar-refractivity contribution in [3.05, 3.63) is 203 Å². The van der Waals surface area contributed by atoms with Crippen LogP contribution in [0.1, 0.15) is 81.5 Å². The quantitative estimate of drug-likeness (QED) is 0.00958. The number of aromatic hydroxyl groups is 2. The van der Waals surface area contributed by atoms with Crippen LogP contribution < -0.4 is 30.0 Å². The van der Waals surface area contributed by atoms with E-state index in [4.69, 9.17) is 53.1 Å². The van der Waals surface area contributed by atoms with E-state index in [0.29, 0.717) is 172 Å². The van der Waals surface area contributed by atoms with Crippen molar-refractivity contribution in [1.82, 2.24) is 9.80 Å². The number of hydrogen-bond donors (Lipinski definition) is 4. The lowest BCUT2D eigenvalue weighted by atomic mass is 9.92. The summed E-state index contributed by atoms with van der Waals surface area (Å²) in [7, 11) is 4.50. The molecule has 588 valence electrons. The van der Waals surface area contributed by atoms with Gasteiger partial charge in [0.25, 0.3) is 11.8 Å². The second kappa shape index (κ2) is 41.6. The van der Waals surface area contributed by atoms with Gasteiger partial charge in [0.2, 0.25) is 0 Å². The van der Waals surface area contributed by atoms with E-state index in [1.165, 1.54) is 17.9 Å². The number of fused-ring (bicyclic) bond motifs is 4. The van der Waals surface area contributed by atoms with Crippen LogP contribution in [0.4, 0.5) is 11.4 Å². The van der Waals surface area contributed by atoms with Crippen LogP contribution in [0.2, 0.25) is 6.82 Å². The van der Waals surface area contributed by atoms with Gasteiger partial charge in [-0.1, -0.05) is 78.6 Å². The number of nitrogen functional groups attached to an aromatic ring is 1. The Balaban J connectivity index is 0.000000186. The number of aldehydes is 1. The van der Waals surface area contributed by atoms with Gasteiger partial charge in [0.1, 0.15) is 72.2 Å². The third-order valence-electron chi connectivity index (χ3n) is 18.9. The van der Waals surface area contributed by atoms with E-state index in [9.17, 15) is 43.8 Å². The number of anilines is 2. The number of rotatable bonds is 34. The molecule has 5 N–H and O–H groups in total. The molecule has 0 spiro atoms. The van der Waals surface area contributed by atoms with Crippen LogP contribution in [0.5, 0.6) is 46.0 Å². The van der Waals surface area contributed by atoms with E-state index in [0.717, 1.165) is 75.1 Å². The molecule has 26 heteroatoms. The molecule has 8 aromatic carbocycles. The van der Waals surface area contributed by atoms with Crippen LogP contribution in [0.15, 0.2) is 170 Å². The molecule has 2 fully saturated rings. The Kier molecular flexibility index (Phi) is 30.6. The van der Waals surface area contributed by atoms with E-state index in [2.05, 4.69) is 75.5 Å². The summed E-state index contributed by atoms with van der Waals surface area (Å²) in [5.41, 5.74) is 14.6. The number of ether oxygens (including phenoxy) is 10. The normalized spacial score (nSPS) is 15.0. The molecule has 14 rings (SSSR count). The maximum absolute atomic E-state index is 13.0. The molecule has 2 amide bonds. The van der Waals surface area contributed by atoms with Gasteiger partial charge in [0.05, 0.1) is 115 Å². The van der Waals surface area contributed by atoms with Gasteiger partial charge in [0.15, 0.2) is 23.1 Å². The Labute approximate surface area is 665 Å². The summed E-state index contributed by atoms with van der Waals surface area (Å²) < 4.78 is 59.1. The Morgan fingerprint density at radius 2 is 0.876 bits per heavy atom. The molecule has 4 heterocycles. The average Bonchev–Trinajstić information content (AvgIpc) is 1.58. The number of nitrogens with one attached hydrogen (secondary N) is 1. The lowest BCUT2D eigenvalue weighted by Gasteiger charge is -2.29. The molecule has 0 bridgehead atoms. The van der Waals surface area contributed by atoms with Crippen molar-refractivity contribution in [2.45, 2.75) is 84.4 Å². The minimum Gasteiger partial charge on any atom is -0.508 e. The van der Waals surface area contributed by atoms with Crippen molar-refractivity contribution in [2.75, 3.05) is 110 Å². The van der Waals surface area contributed by atoms with E-state index in [1.54, 1.807) is 81.0 Å². The lowest BCUT2D eigenvalue weighted by Crippen LogP contribution is -2.44. The first kappa shape index (κ1) is 83.1. The second-order valence-corrected chi connectivity index (χ2v) is 28.8. The molecule has 2 aromatic heterocycles. The first-order valence-electron chi connectivity index (χ1n) is 37.4. The fourth-order valence-corrected chi connectivity index (χ4v) is 15.5. The SMILES string of the molecule is Cc1ccc(-c2sc3cc(O)ccc3c2Oc2ccc(OCCOCCOCCOCC=O)cc2)cc1.Cc1ccc(-c2sc3cc(O)ccc3c2Oc2ccc(OCCOCCOCCOCCNc3cccc4c3CN(C3CCC(=O)CC3=O)C4=O)cc2)cc1.Nc1cccc2c1CN(C1CCC(=O)CC1=O)C2=O.[B]C. The number of carbonyl (C=O) groups is 7. The molecule has 4 aliphatic rings. The van der Waals surface area contributed by atoms with Crippen molar-refractivity contribution in [3.8, 4) is 66.9 Å². The van der Waals surface area contributed by atoms with Crippen LogP contribution in [-0.2, 0) is 65.5 Å². The third kappa shape index (κ3) is 22.5. The highest BCUT2D eigenvalue weighted by molar-refractivity contribution is 7.23. The number of benzene rings is 8. The molecule has 2 radical (unpaired) electrons. The highest BCUT2D eigenvalue weighted by atomic mass is 32.1. The van der Waals surface area contributed by atoms with Crippen molar-refractivity contribution in [2.24, 2.45) is 0 Å². The predicted octanol–water partition coefficient (Wildman–Crippen LogP) is 14.7. The summed E-state index contributed by atoms with van der Waals surface area (Å²) in [6, 6.07) is 52.0. The number of phenols is 2. The molecule has 2 aliphatic carbocycles. The first-order valence-corrected chi connectivity index (χ1v) is 39.1. The molecular weight excluding hydrogens is 1480 g/mol. The molecule has 113 heavy (non-hydrogen) atoms. The Morgan fingerprint density at radius 1 is 0.478 bits per heavy atom. The van der Waals surface area contributed by atoms with Gasteiger partial charge in [-0.2, -0.15) is 0 Å². The van der Waals surface area contributed by atoms with Crippen LogP contribution in [0.25, 0.3) is 41.1 Å². The van der Waals surface area contributed by atoms with Gasteiger partial charge in [-0.25, -0.2) is 0 Å². The highest BCUT2D eigenvalue weighted by Gasteiger charge is 2.41. The molecule has 0 saturated heterocycles. The van der Waals surface area contributed by atoms with Crippen molar-refractivity contribution < 1.29 is 91.1 Å². The Morgan fingerprint density at radius 3 is 1.31 bits per heavy atom. The fraction of sp³-hybridized carbons (Fsp3) is 0.322. The third-order valence-corrected chi connectivity index (χ3v) is 21.2. The number of nitrogens with two attached hydrogens (primary N) is 1. The molecule has 2 saturated carbocycles. The van der Waals surface area contributed by atoms with Gasteiger partial charge in [0, 0.05) is 86.3 Å². The van der Waals surface area contributed by atoms with E-state index in [1.807, 2.05) is 72.8 Å².